The second kappa shape index (κ2) is 5.49. The SMILES string of the molecule is CC1CC=CCC1COc1cccnc1C#N. The lowest BCUT2D eigenvalue weighted by Gasteiger charge is -2.25. The van der Waals surface area contributed by atoms with Gasteiger partial charge in [0.25, 0.3) is 0 Å². The van der Waals surface area contributed by atoms with Crippen LogP contribution in [0.2, 0.25) is 0 Å². The smallest absolute Gasteiger partial charge is 0.182 e. The third-order valence-corrected chi connectivity index (χ3v) is 3.25. The Hall–Kier alpha value is -1.82. The van der Waals surface area contributed by atoms with E-state index in [9.17, 15) is 0 Å². The minimum absolute atomic E-state index is 0.367. The second-order valence-corrected chi connectivity index (χ2v) is 4.45. The molecule has 88 valence electrons. The molecule has 1 aliphatic rings. The topological polar surface area (TPSA) is 45.9 Å². The molecular weight excluding hydrogens is 212 g/mol. The Bertz CT molecular complexity index is 448. The van der Waals surface area contributed by atoms with Crippen LogP contribution in [0.1, 0.15) is 25.5 Å². The Kier molecular flexibility index (Phi) is 3.77. The van der Waals surface area contributed by atoms with Crippen molar-refractivity contribution < 1.29 is 4.74 Å². The maximum absolute atomic E-state index is 8.90. The summed E-state index contributed by atoms with van der Waals surface area (Å²) in [5.74, 6) is 1.77. The van der Waals surface area contributed by atoms with Crippen molar-refractivity contribution in [2.24, 2.45) is 11.8 Å². The van der Waals surface area contributed by atoms with E-state index in [0.29, 0.717) is 29.9 Å². The molecule has 0 amide bonds. The number of ether oxygens (including phenoxy) is 1. The van der Waals surface area contributed by atoms with Gasteiger partial charge in [-0.1, -0.05) is 19.1 Å². The van der Waals surface area contributed by atoms with Crippen molar-refractivity contribution >= 4 is 0 Å². The van der Waals surface area contributed by atoms with E-state index in [0.717, 1.165) is 12.8 Å². The van der Waals surface area contributed by atoms with Crippen LogP contribution in [0.3, 0.4) is 0 Å². The summed E-state index contributed by atoms with van der Waals surface area (Å²) in [5.41, 5.74) is 0.367. The predicted octanol–water partition coefficient (Wildman–Crippen LogP) is 2.93. The average molecular weight is 228 g/mol. The van der Waals surface area contributed by atoms with Gasteiger partial charge in [-0.3, -0.25) is 0 Å². The van der Waals surface area contributed by atoms with E-state index in [4.69, 9.17) is 10.00 Å². The number of pyridine rings is 1. The van der Waals surface area contributed by atoms with Crippen LogP contribution in [-0.2, 0) is 0 Å². The van der Waals surface area contributed by atoms with Gasteiger partial charge in [0.1, 0.15) is 6.07 Å². The molecule has 0 N–H and O–H groups in total. The number of allylic oxidation sites excluding steroid dienone is 2. The van der Waals surface area contributed by atoms with Crippen LogP contribution in [-0.4, -0.2) is 11.6 Å². The summed E-state index contributed by atoms with van der Waals surface area (Å²) in [6.07, 6.45) is 8.22. The van der Waals surface area contributed by atoms with E-state index in [2.05, 4.69) is 24.1 Å². The summed E-state index contributed by atoms with van der Waals surface area (Å²) in [5, 5.41) is 8.90. The molecule has 0 fully saturated rings. The Morgan fingerprint density at radius 3 is 3.06 bits per heavy atom. The molecule has 1 aromatic heterocycles. The van der Waals surface area contributed by atoms with Crippen LogP contribution in [0, 0.1) is 23.2 Å². The van der Waals surface area contributed by atoms with E-state index in [1.165, 1.54) is 0 Å². The van der Waals surface area contributed by atoms with Gasteiger partial charge in [-0.2, -0.15) is 5.26 Å². The fraction of sp³-hybridized carbons (Fsp3) is 0.429. The lowest BCUT2D eigenvalue weighted by Crippen LogP contribution is -2.21. The quantitative estimate of drug-likeness (QED) is 0.747. The van der Waals surface area contributed by atoms with E-state index in [1.54, 1.807) is 18.3 Å². The molecule has 17 heavy (non-hydrogen) atoms. The molecule has 3 heteroatoms. The van der Waals surface area contributed by atoms with Crippen molar-refractivity contribution in [1.82, 2.24) is 4.98 Å². The van der Waals surface area contributed by atoms with Gasteiger partial charge in [-0.25, -0.2) is 4.98 Å². The first kappa shape index (κ1) is 11.7. The number of hydrogen-bond acceptors (Lipinski definition) is 3. The summed E-state index contributed by atoms with van der Waals surface area (Å²) in [6.45, 7) is 2.90. The molecule has 0 radical (unpaired) electrons. The first-order chi connectivity index (χ1) is 8.31. The normalized spacial score (nSPS) is 23.1. The summed E-state index contributed by atoms with van der Waals surface area (Å²) >= 11 is 0. The van der Waals surface area contributed by atoms with Crippen LogP contribution in [0.15, 0.2) is 30.5 Å². The van der Waals surface area contributed by atoms with Gasteiger partial charge in [0.2, 0.25) is 0 Å². The van der Waals surface area contributed by atoms with Gasteiger partial charge in [0.15, 0.2) is 11.4 Å². The Morgan fingerprint density at radius 1 is 1.47 bits per heavy atom. The van der Waals surface area contributed by atoms with Crippen molar-refractivity contribution in [2.75, 3.05) is 6.61 Å². The fourth-order valence-corrected chi connectivity index (χ4v) is 2.03. The highest BCUT2D eigenvalue weighted by atomic mass is 16.5. The molecule has 0 aromatic carbocycles. The summed E-state index contributed by atoms with van der Waals surface area (Å²) in [7, 11) is 0. The van der Waals surface area contributed by atoms with Crippen LogP contribution in [0.4, 0.5) is 0 Å². The Morgan fingerprint density at radius 2 is 2.29 bits per heavy atom. The number of hydrogen-bond donors (Lipinski definition) is 0. The lowest BCUT2D eigenvalue weighted by molar-refractivity contribution is 0.197. The highest BCUT2D eigenvalue weighted by Crippen LogP contribution is 2.26. The molecule has 0 saturated heterocycles. The molecule has 3 nitrogen and oxygen atoms in total. The summed E-state index contributed by atoms with van der Waals surface area (Å²) in [4.78, 5) is 3.98. The number of aromatic nitrogens is 1. The molecule has 2 rings (SSSR count). The molecule has 2 unspecified atom stereocenters. The fourth-order valence-electron chi connectivity index (χ4n) is 2.03. The second-order valence-electron chi connectivity index (χ2n) is 4.45. The van der Waals surface area contributed by atoms with Gasteiger partial charge in [0.05, 0.1) is 6.61 Å². The summed E-state index contributed by atoms with van der Waals surface area (Å²) in [6, 6.07) is 5.64. The standard InChI is InChI=1S/C14H16N2O/c1-11-5-2-3-6-12(11)10-17-14-7-4-8-16-13(14)9-15/h2-4,7-8,11-12H,5-6,10H2,1H3. The molecule has 0 aliphatic heterocycles. The predicted molar refractivity (Wildman–Crippen MR) is 65.5 cm³/mol. The van der Waals surface area contributed by atoms with E-state index >= 15 is 0 Å². The van der Waals surface area contributed by atoms with E-state index < -0.39 is 0 Å². The van der Waals surface area contributed by atoms with Crippen LogP contribution < -0.4 is 4.74 Å². The number of nitriles is 1. The molecule has 0 spiro atoms. The third kappa shape index (κ3) is 2.85. The van der Waals surface area contributed by atoms with Crippen molar-refractivity contribution in [3.63, 3.8) is 0 Å². The van der Waals surface area contributed by atoms with Crippen molar-refractivity contribution in [1.29, 1.82) is 5.26 Å². The van der Waals surface area contributed by atoms with E-state index in [-0.39, 0.29) is 0 Å². The monoisotopic (exact) mass is 228 g/mol. The maximum Gasteiger partial charge on any atom is 0.182 e. The molecule has 0 saturated carbocycles. The maximum atomic E-state index is 8.90. The Balaban J connectivity index is 1.98. The zero-order valence-electron chi connectivity index (χ0n) is 9.97. The van der Waals surface area contributed by atoms with Gasteiger partial charge in [-0.05, 0) is 36.8 Å². The van der Waals surface area contributed by atoms with Gasteiger partial charge in [-0.15, -0.1) is 0 Å². The highest BCUT2D eigenvalue weighted by molar-refractivity contribution is 5.36. The average Bonchev–Trinajstić information content (AvgIpc) is 2.38. The molecular formula is C14H16N2O. The molecule has 1 aromatic rings. The number of nitrogens with zero attached hydrogens (tertiary/aromatic N) is 2. The van der Waals surface area contributed by atoms with Crippen molar-refractivity contribution in [3.05, 3.63) is 36.2 Å². The van der Waals surface area contributed by atoms with Crippen LogP contribution >= 0.6 is 0 Å². The highest BCUT2D eigenvalue weighted by Gasteiger charge is 2.19. The van der Waals surface area contributed by atoms with Crippen molar-refractivity contribution in [2.45, 2.75) is 19.8 Å². The van der Waals surface area contributed by atoms with Crippen LogP contribution in [0.5, 0.6) is 5.75 Å². The number of rotatable bonds is 3. The van der Waals surface area contributed by atoms with E-state index in [1.807, 2.05) is 6.07 Å². The van der Waals surface area contributed by atoms with Gasteiger partial charge >= 0.3 is 0 Å². The molecule has 2 atom stereocenters. The minimum Gasteiger partial charge on any atom is -0.490 e. The summed E-state index contributed by atoms with van der Waals surface area (Å²) < 4.78 is 5.72. The first-order valence-electron chi connectivity index (χ1n) is 5.94. The third-order valence-electron chi connectivity index (χ3n) is 3.25. The van der Waals surface area contributed by atoms with Crippen LogP contribution in [0.25, 0.3) is 0 Å². The molecule has 1 heterocycles. The lowest BCUT2D eigenvalue weighted by atomic mass is 9.85. The zero-order valence-corrected chi connectivity index (χ0v) is 9.97. The zero-order chi connectivity index (χ0) is 12.1. The van der Waals surface area contributed by atoms with Gasteiger partial charge < -0.3 is 4.74 Å². The van der Waals surface area contributed by atoms with Crippen molar-refractivity contribution in [3.8, 4) is 11.8 Å². The molecule has 0 bridgehead atoms. The molecule has 1 aliphatic carbocycles. The Labute approximate surface area is 102 Å². The minimum atomic E-state index is 0.367. The first-order valence-corrected chi connectivity index (χ1v) is 5.94. The largest absolute Gasteiger partial charge is 0.490 e. The van der Waals surface area contributed by atoms with Gasteiger partial charge in [0, 0.05) is 6.20 Å².